The van der Waals surface area contributed by atoms with Crippen LogP contribution in [0.4, 0.5) is 0 Å². The second-order valence-electron chi connectivity index (χ2n) is 5.43. The van der Waals surface area contributed by atoms with Crippen LogP contribution in [0.2, 0.25) is 0 Å². The zero-order chi connectivity index (χ0) is 13.0. The predicted octanol–water partition coefficient (Wildman–Crippen LogP) is 1.77. The SMILES string of the molecule is CCC1(CC)CN(Cc2nccn2C)CCCN1. The second-order valence-corrected chi connectivity index (χ2v) is 5.43. The maximum atomic E-state index is 4.44. The summed E-state index contributed by atoms with van der Waals surface area (Å²) in [5.74, 6) is 1.16. The molecular formula is C14H26N4. The van der Waals surface area contributed by atoms with Crippen molar-refractivity contribution >= 4 is 0 Å². The lowest BCUT2D eigenvalue weighted by molar-refractivity contribution is 0.186. The lowest BCUT2D eigenvalue weighted by Crippen LogP contribution is -2.50. The van der Waals surface area contributed by atoms with E-state index >= 15 is 0 Å². The summed E-state index contributed by atoms with van der Waals surface area (Å²) in [5.41, 5.74) is 0.293. The molecule has 0 aliphatic carbocycles. The minimum Gasteiger partial charge on any atom is -0.337 e. The van der Waals surface area contributed by atoms with E-state index in [1.165, 1.54) is 25.8 Å². The van der Waals surface area contributed by atoms with E-state index < -0.39 is 0 Å². The molecule has 1 aliphatic rings. The minimum atomic E-state index is 0.293. The van der Waals surface area contributed by atoms with Crippen molar-refractivity contribution in [2.45, 2.75) is 45.2 Å². The Morgan fingerprint density at radius 3 is 2.78 bits per heavy atom. The third kappa shape index (κ3) is 2.93. The highest BCUT2D eigenvalue weighted by atomic mass is 15.2. The maximum Gasteiger partial charge on any atom is 0.122 e. The number of aryl methyl sites for hydroxylation is 1. The summed E-state index contributed by atoms with van der Waals surface area (Å²) in [6.45, 7) is 8.99. The van der Waals surface area contributed by atoms with Crippen molar-refractivity contribution in [3.8, 4) is 0 Å². The van der Waals surface area contributed by atoms with Gasteiger partial charge in [-0.2, -0.15) is 0 Å². The third-order valence-corrected chi connectivity index (χ3v) is 4.32. The van der Waals surface area contributed by atoms with Gasteiger partial charge in [0.05, 0.1) is 6.54 Å². The van der Waals surface area contributed by atoms with Crippen molar-refractivity contribution < 1.29 is 0 Å². The van der Waals surface area contributed by atoms with Gasteiger partial charge in [-0.1, -0.05) is 13.8 Å². The predicted molar refractivity (Wildman–Crippen MR) is 74.4 cm³/mol. The first kappa shape index (κ1) is 13.6. The van der Waals surface area contributed by atoms with E-state index in [1.807, 2.05) is 12.4 Å². The molecular weight excluding hydrogens is 224 g/mol. The lowest BCUT2D eigenvalue weighted by Gasteiger charge is -2.35. The molecule has 0 saturated carbocycles. The van der Waals surface area contributed by atoms with Crippen LogP contribution in [0.25, 0.3) is 0 Å². The Bertz CT molecular complexity index is 368. The zero-order valence-electron chi connectivity index (χ0n) is 11.9. The summed E-state index contributed by atoms with van der Waals surface area (Å²) in [5, 5.41) is 3.75. The van der Waals surface area contributed by atoms with Crippen LogP contribution < -0.4 is 5.32 Å². The number of aromatic nitrogens is 2. The van der Waals surface area contributed by atoms with Crippen molar-refractivity contribution in [1.82, 2.24) is 19.8 Å². The fraction of sp³-hybridized carbons (Fsp3) is 0.786. The number of rotatable bonds is 4. The average molecular weight is 250 g/mol. The van der Waals surface area contributed by atoms with E-state index in [-0.39, 0.29) is 0 Å². The summed E-state index contributed by atoms with van der Waals surface area (Å²) in [4.78, 5) is 6.99. The number of hydrogen-bond acceptors (Lipinski definition) is 3. The molecule has 0 atom stereocenters. The van der Waals surface area contributed by atoms with Gasteiger partial charge >= 0.3 is 0 Å². The van der Waals surface area contributed by atoms with E-state index in [1.54, 1.807) is 0 Å². The van der Waals surface area contributed by atoms with Gasteiger partial charge in [0.15, 0.2) is 0 Å². The fourth-order valence-corrected chi connectivity index (χ4v) is 2.83. The Hall–Kier alpha value is -0.870. The van der Waals surface area contributed by atoms with E-state index in [4.69, 9.17) is 0 Å². The molecule has 2 heterocycles. The molecule has 18 heavy (non-hydrogen) atoms. The molecule has 0 aromatic carbocycles. The minimum absolute atomic E-state index is 0.293. The summed E-state index contributed by atoms with van der Waals surface area (Å²) in [7, 11) is 2.07. The molecule has 1 N–H and O–H groups in total. The van der Waals surface area contributed by atoms with Gasteiger partial charge in [0, 0.05) is 31.5 Å². The van der Waals surface area contributed by atoms with Gasteiger partial charge in [0.2, 0.25) is 0 Å². The number of nitrogens with one attached hydrogen (secondary N) is 1. The highest BCUT2D eigenvalue weighted by molar-refractivity contribution is 4.95. The van der Waals surface area contributed by atoms with E-state index in [0.29, 0.717) is 5.54 Å². The van der Waals surface area contributed by atoms with Gasteiger partial charge in [-0.05, 0) is 32.4 Å². The van der Waals surface area contributed by atoms with E-state index in [2.05, 4.69) is 40.7 Å². The van der Waals surface area contributed by atoms with Gasteiger partial charge in [-0.15, -0.1) is 0 Å². The van der Waals surface area contributed by atoms with E-state index in [9.17, 15) is 0 Å². The normalized spacial score (nSPS) is 20.8. The highest BCUT2D eigenvalue weighted by Gasteiger charge is 2.30. The van der Waals surface area contributed by atoms with Gasteiger partial charge in [0.25, 0.3) is 0 Å². The molecule has 1 aromatic heterocycles. The van der Waals surface area contributed by atoms with Gasteiger partial charge in [0.1, 0.15) is 5.82 Å². The van der Waals surface area contributed by atoms with Crippen LogP contribution in [0.1, 0.15) is 38.9 Å². The number of hydrogen-bond donors (Lipinski definition) is 1. The molecule has 0 spiro atoms. The van der Waals surface area contributed by atoms with Crippen LogP contribution in [0.3, 0.4) is 0 Å². The molecule has 0 radical (unpaired) electrons. The fourth-order valence-electron chi connectivity index (χ4n) is 2.83. The largest absolute Gasteiger partial charge is 0.337 e. The van der Waals surface area contributed by atoms with Crippen LogP contribution in [0.15, 0.2) is 12.4 Å². The molecule has 2 rings (SSSR count). The Kier molecular flexibility index (Phi) is 4.40. The molecule has 0 bridgehead atoms. The van der Waals surface area contributed by atoms with Crippen molar-refractivity contribution in [3.63, 3.8) is 0 Å². The molecule has 4 nitrogen and oxygen atoms in total. The Labute approximate surface area is 110 Å². The molecule has 1 saturated heterocycles. The first-order valence-corrected chi connectivity index (χ1v) is 7.12. The second kappa shape index (κ2) is 5.85. The molecule has 102 valence electrons. The quantitative estimate of drug-likeness (QED) is 0.884. The smallest absolute Gasteiger partial charge is 0.122 e. The van der Waals surface area contributed by atoms with Crippen LogP contribution in [0, 0.1) is 0 Å². The van der Waals surface area contributed by atoms with Crippen molar-refractivity contribution in [3.05, 3.63) is 18.2 Å². The van der Waals surface area contributed by atoms with Crippen molar-refractivity contribution in [2.75, 3.05) is 19.6 Å². The Morgan fingerprint density at radius 2 is 2.17 bits per heavy atom. The van der Waals surface area contributed by atoms with Crippen LogP contribution in [0.5, 0.6) is 0 Å². The summed E-state index contributed by atoms with van der Waals surface area (Å²) in [6, 6.07) is 0. The Balaban J connectivity index is 2.05. The van der Waals surface area contributed by atoms with Gasteiger partial charge < -0.3 is 9.88 Å². The average Bonchev–Trinajstić information content (AvgIpc) is 2.67. The molecule has 1 fully saturated rings. The van der Waals surface area contributed by atoms with E-state index in [0.717, 1.165) is 25.5 Å². The van der Waals surface area contributed by atoms with Crippen LogP contribution in [-0.2, 0) is 13.6 Å². The first-order valence-electron chi connectivity index (χ1n) is 7.12. The molecule has 0 unspecified atom stereocenters. The summed E-state index contributed by atoms with van der Waals surface area (Å²) >= 11 is 0. The third-order valence-electron chi connectivity index (χ3n) is 4.32. The number of nitrogens with zero attached hydrogens (tertiary/aromatic N) is 3. The first-order chi connectivity index (χ1) is 8.69. The molecule has 1 aromatic rings. The van der Waals surface area contributed by atoms with Gasteiger partial charge in [-0.3, -0.25) is 4.90 Å². The molecule has 1 aliphatic heterocycles. The van der Waals surface area contributed by atoms with Crippen LogP contribution >= 0.6 is 0 Å². The zero-order valence-corrected chi connectivity index (χ0v) is 11.9. The summed E-state index contributed by atoms with van der Waals surface area (Å²) in [6.07, 6.45) is 7.53. The summed E-state index contributed by atoms with van der Waals surface area (Å²) < 4.78 is 2.12. The topological polar surface area (TPSA) is 33.1 Å². The van der Waals surface area contributed by atoms with Gasteiger partial charge in [-0.25, -0.2) is 4.98 Å². The monoisotopic (exact) mass is 250 g/mol. The number of imidazole rings is 1. The maximum absolute atomic E-state index is 4.44. The van der Waals surface area contributed by atoms with Crippen molar-refractivity contribution in [2.24, 2.45) is 7.05 Å². The Morgan fingerprint density at radius 1 is 1.39 bits per heavy atom. The lowest BCUT2D eigenvalue weighted by atomic mass is 9.92. The standard InChI is InChI=1S/C14H26N4/c1-4-14(5-2)12-18(9-6-7-16-14)11-13-15-8-10-17(13)3/h8,10,16H,4-7,9,11-12H2,1-3H3. The highest BCUT2D eigenvalue weighted by Crippen LogP contribution is 2.20. The molecule has 0 amide bonds. The molecule has 4 heteroatoms. The van der Waals surface area contributed by atoms with Crippen molar-refractivity contribution in [1.29, 1.82) is 0 Å². The van der Waals surface area contributed by atoms with Crippen LogP contribution in [-0.4, -0.2) is 39.6 Å².